The fraction of sp³-hybridized carbons (Fsp3) is 0.600. The van der Waals surface area contributed by atoms with Crippen LogP contribution < -0.4 is 0 Å². The second-order valence-corrected chi connectivity index (χ2v) is 6.18. The topological polar surface area (TPSA) is 29.5 Å². The van der Waals surface area contributed by atoms with Gasteiger partial charge in [-0.2, -0.15) is 0 Å². The van der Waals surface area contributed by atoms with Crippen LogP contribution in [-0.4, -0.2) is 18.3 Å². The van der Waals surface area contributed by atoms with Gasteiger partial charge in [-0.15, -0.1) is 0 Å². The number of fused-ring (bicyclic) bond motifs is 4. The summed E-state index contributed by atoms with van der Waals surface area (Å²) in [6.45, 7) is 7.40. The van der Waals surface area contributed by atoms with Crippen LogP contribution in [-0.2, 0) is 4.74 Å². The van der Waals surface area contributed by atoms with Gasteiger partial charge in [0.1, 0.15) is 12.4 Å². The minimum Gasteiger partial charge on any atom is -0.489 e. The van der Waals surface area contributed by atoms with Gasteiger partial charge in [-0.05, 0) is 53.2 Å². The lowest BCUT2D eigenvalue weighted by molar-refractivity contribution is 0.215. The molecule has 0 saturated heterocycles. The molecular weight excluding hydrogens is 212 g/mol. The molecule has 4 atom stereocenters. The third-order valence-electron chi connectivity index (χ3n) is 5.43. The molecule has 0 aromatic heterocycles. The molecule has 0 bridgehead atoms. The van der Waals surface area contributed by atoms with E-state index in [1.54, 1.807) is 0 Å². The van der Waals surface area contributed by atoms with Gasteiger partial charge in [0.2, 0.25) is 0 Å². The van der Waals surface area contributed by atoms with Crippen LogP contribution in [0.3, 0.4) is 0 Å². The molecule has 1 N–H and O–H groups in total. The van der Waals surface area contributed by atoms with Crippen molar-refractivity contribution >= 4 is 0 Å². The van der Waals surface area contributed by atoms with Crippen LogP contribution in [0.4, 0.5) is 0 Å². The van der Waals surface area contributed by atoms with Crippen molar-refractivity contribution < 1.29 is 9.84 Å². The van der Waals surface area contributed by atoms with E-state index in [-0.39, 0.29) is 12.0 Å². The normalized spacial score (nSPS) is 46.1. The molecule has 1 heterocycles. The molecule has 4 aliphatic rings. The lowest BCUT2D eigenvalue weighted by Crippen LogP contribution is -2.29. The van der Waals surface area contributed by atoms with Crippen molar-refractivity contribution in [3.05, 3.63) is 35.1 Å². The monoisotopic (exact) mass is 230 g/mol. The van der Waals surface area contributed by atoms with Crippen molar-refractivity contribution in [1.82, 2.24) is 0 Å². The first-order valence-corrected chi connectivity index (χ1v) is 6.51. The average Bonchev–Trinajstić information content (AvgIpc) is 2.99. The number of aliphatic hydroxyl groups excluding tert-OH is 1. The minimum absolute atomic E-state index is 0.134. The van der Waals surface area contributed by atoms with Crippen molar-refractivity contribution in [2.75, 3.05) is 13.2 Å². The molecule has 17 heavy (non-hydrogen) atoms. The van der Waals surface area contributed by atoms with E-state index in [0.717, 1.165) is 29.6 Å². The first-order valence-electron chi connectivity index (χ1n) is 6.51. The Morgan fingerprint density at radius 2 is 2.41 bits per heavy atom. The molecule has 0 radical (unpaired) electrons. The summed E-state index contributed by atoms with van der Waals surface area (Å²) in [6.07, 6.45) is 4.69. The highest BCUT2D eigenvalue weighted by atomic mass is 16.5. The van der Waals surface area contributed by atoms with Gasteiger partial charge in [0, 0.05) is 0 Å². The van der Waals surface area contributed by atoms with E-state index in [4.69, 9.17) is 4.74 Å². The number of hydrogen-bond donors (Lipinski definition) is 1. The summed E-state index contributed by atoms with van der Waals surface area (Å²) < 4.78 is 5.73. The molecule has 2 nitrogen and oxygen atoms in total. The van der Waals surface area contributed by atoms with Crippen LogP contribution in [0.1, 0.15) is 19.8 Å². The molecule has 0 amide bonds. The Kier molecular flexibility index (Phi) is 1.68. The number of rotatable bonds is 1. The van der Waals surface area contributed by atoms with Gasteiger partial charge in [0.15, 0.2) is 0 Å². The van der Waals surface area contributed by atoms with Crippen molar-refractivity contribution in [2.45, 2.75) is 19.8 Å². The summed E-state index contributed by atoms with van der Waals surface area (Å²) in [5.74, 6) is 3.19. The zero-order valence-electron chi connectivity index (χ0n) is 10.2. The highest BCUT2D eigenvalue weighted by molar-refractivity contribution is 5.47. The Morgan fingerprint density at radius 3 is 3.18 bits per heavy atom. The maximum atomic E-state index is 9.35. The minimum atomic E-state index is 0.134. The Hall–Kier alpha value is -1.02. The largest absolute Gasteiger partial charge is 0.489 e. The van der Waals surface area contributed by atoms with Crippen molar-refractivity contribution in [1.29, 1.82) is 0 Å². The first kappa shape index (κ1) is 9.95. The summed E-state index contributed by atoms with van der Waals surface area (Å²) in [7, 11) is 0. The molecule has 0 aromatic carbocycles. The first-order chi connectivity index (χ1) is 8.15. The Morgan fingerprint density at radius 1 is 1.59 bits per heavy atom. The van der Waals surface area contributed by atoms with E-state index < -0.39 is 0 Å². The second kappa shape index (κ2) is 2.86. The highest BCUT2D eigenvalue weighted by Crippen LogP contribution is 2.70. The van der Waals surface area contributed by atoms with Crippen LogP contribution >= 0.6 is 0 Å². The molecule has 2 saturated carbocycles. The molecule has 0 spiro atoms. The molecule has 2 fully saturated rings. The molecule has 4 unspecified atom stereocenters. The van der Waals surface area contributed by atoms with Gasteiger partial charge in [-0.1, -0.05) is 19.1 Å². The van der Waals surface area contributed by atoms with Gasteiger partial charge in [0.25, 0.3) is 0 Å². The van der Waals surface area contributed by atoms with E-state index in [1.165, 1.54) is 17.6 Å². The van der Waals surface area contributed by atoms with Crippen molar-refractivity contribution in [3.8, 4) is 0 Å². The summed E-state index contributed by atoms with van der Waals surface area (Å²) >= 11 is 0. The summed E-state index contributed by atoms with van der Waals surface area (Å²) in [4.78, 5) is 0. The Bertz CT molecular complexity index is 485. The molecule has 90 valence electrons. The predicted octanol–water partition coefficient (Wildman–Crippen LogP) is 2.42. The standard InChI is InChI=1S/C15H18O2/c1-8-10-3-13(10)15(2)5-14-11(4-12(8)15)9(6-16)7-17-14/h5,10,12-13,16H,1,3-4,6-7H2,2H3. The van der Waals surface area contributed by atoms with Crippen LogP contribution in [0.15, 0.2) is 35.1 Å². The van der Waals surface area contributed by atoms with Crippen LogP contribution in [0.25, 0.3) is 0 Å². The van der Waals surface area contributed by atoms with E-state index in [1.807, 2.05) is 0 Å². The Balaban J connectivity index is 1.83. The van der Waals surface area contributed by atoms with Crippen molar-refractivity contribution in [2.24, 2.45) is 23.2 Å². The van der Waals surface area contributed by atoms with E-state index in [9.17, 15) is 5.11 Å². The molecule has 2 heteroatoms. The molecule has 0 aromatic rings. The highest BCUT2D eigenvalue weighted by Gasteiger charge is 2.63. The molecule has 4 rings (SSSR count). The van der Waals surface area contributed by atoms with Crippen LogP contribution in [0, 0.1) is 23.2 Å². The number of aliphatic hydroxyl groups is 1. The quantitative estimate of drug-likeness (QED) is 0.701. The fourth-order valence-corrected chi connectivity index (χ4v) is 4.28. The van der Waals surface area contributed by atoms with Crippen LogP contribution in [0.5, 0.6) is 0 Å². The maximum absolute atomic E-state index is 9.35. The fourth-order valence-electron chi connectivity index (χ4n) is 4.28. The average molecular weight is 230 g/mol. The third-order valence-corrected chi connectivity index (χ3v) is 5.43. The smallest absolute Gasteiger partial charge is 0.119 e. The van der Waals surface area contributed by atoms with Gasteiger partial charge >= 0.3 is 0 Å². The van der Waals surface area contributed by atoms with Crippen molar-refractivity contribution in [3.63, 3.8) is 0 Å². The lowest BCUT2D eigenvalue weighted by Gasteiger charge is -2.36. The van der Waals surface area contributed by atoms with Gasteiger partial charge in [0.05, 0.1) is 6.61 Å². The van der Waals surface area contributed by atoms with E-state index >= 15 is 0 Å². The second-order valence-electron chi connectivity index (χ2n) is 6.18. The zero-order chi connectivity index (χ0) is 11.8. The molecule has 3 aliphatic carbocycles. The summed E-state index contributed by atoms with van der Waals surface area (Å²) in [5.41, 5.74) is 4.06. The predicted molar refractivity (Wildman–Crippen MR) is 65.1 cm³/mol. The zero-order valence-corrected chi connectivity index (χ0v) is 10.2. The van der Waals surface area contributed by atoms with Gasteiger partial charge in [-0.3, -0.25) is 0 Å². The SMILES string of the molecule is C=C1C2CC2C2(C)C=C3OCC(CO)=C3CC12. The summed E-state index contributed by atoms with van der Waals surface area (Å²) in [5, 5.41) is 9.35. The third kappa shape index (κ3) is 1.05. The maximum Gasteiger partial charge on any atom is 0.119 e. The van der Waals surface area contributed by atoms with Crippen LogP contribution in [0.2, 0.25) is 0 Å². The molecular formula is C15H18O2. The molecule has 1 aliphatic heterocycles. The lowest BCUT2D eigenvalue weighted by atomic mass is 9.67. The van der Waals surface area contributed by atoms with E-state index in [0.29, 0.717) is 12.5 Å². The van der Waals surface area contributed by atoms with Gasteiger partial charge in [-0.25, -0.2) is 0 Å². The summed E-state index contributed by atoms with van der Waals surface area (Å²) in [6, 6.07) is 0. The number of ether oxygens (including phenoxy) is 1. The number of hydrogen-bond acceptors (Lipinski definition) is 2. The van der Waals surface area contributed by atoms with E-state index in [2.05, 4.69) is 19.6 Å². The Labute approximate surface area is 102 Å². The van der Waals surface area contributed by atoms with Gasteiger partial charge < -0.3 is 9.84 Å². The number of allylic oxidation sites excluding steroid dienone is 3.